The van der Waals surface area contributed by atoms with E-state index >= 15 is 0 Å². The largest absolute Gasteiger partial charge is 0.573 e. The van der Waals surface area contributed by atoms with Gasteiger partial charge in [-0.25, -0.2) is 0 Å². The van der Waals surface area contributed by atoms with Crippen molar-refractivity contribution in [1.29, 1.82) is 0 Å². The predicted molar refractivity (Wildman–Crippen MR) is 88.8 cm³/mol. The lowest BCUT2D eigenvalue weighted by Gasteiger charge is -2.11. The number of rotatable bonds is 4. The monoisotopic (exact) mass is 364 g/mol. The Bertz CT molecular complexity index is 949. The summed E-state index contributed by atoms with van der Waals surface area (Å²) in [6, 6.07) is 7.18. The first kappa shape index (κ1) is 17.7. The third kappa shape index (κ3) is 3.76. The molecule has 0 saturated heterocycles. The number of nitrogens with one attached hydrogen (secondary N) is 1. The van der Waals surface area contributed by atoms with Gasteiger partial charge in [0.1, 0.15) is 11.6 Å². The quantitative estimate of drug-likeness (QED) is 0.761. The first-order valence-corrected chi connectivity index (χ1v) is 7.78. The number of hydrogen-bond acceptors (Lipinski definition) is 4. The van der Waals surface area contributed by atoms with Crippen LogP contribution < -0.4 is 10.1 Å². The minimum Gasteiger partial charge on any atom is -0.406 e. The van der Waals surface area contributed by atoms with Crippen molar-refractivity contribution in [2.24, 2.45) is 0 Å². The highest BCUT2D eigenvalue weighted by atomic mass is 19.4. The molecule has 0 aliphatic carbocycles. The summed E-state index contributed by atoms with van der Waals surface area (Å²) in [6.45, 7) is 3.49. The second-order valence-corrected chi connectivity index (χ2v) is 5.56. The molecule has 1 N–H and O–H groups in total. The number of hydrogen-bond donors (Lipinski definition) is 1. The van der Waals surface area contributed by atoms with Gasteiger partial charge in [0.25, 0.3) is 0 Å². The molecule has 0 aliphatic rings. The normalized spacial score (nSPS) is 11.6. The molecule has 3 rings (SSSR count). The van der Waals surface area contributed by atoms with Crippen molar-refractivity contribution in [1.82, 2.24) is 14.6 Å². The molecule has 0 radical (unpaired) electrons. The Morgan fingerprint density at radius 3 is 2.50 bits per heavy atom. The Balaban J connectivity index is 2.01. The molecule has 0 spiro atoms. The molecule has 0 bridgehead atoms. The second-order valence-electron chi connectivity index (χ2n) is 5.56. The van der Waals surface area contributed by atoms with Gasteiger partial charge < -0.3 is 10.1 Å². The number of benzene rings is 1. The van der Waals surface area contributed by atoms with Crippen LogP contribution in [0.4, 0.5) is 18.9 Å². The van der Waals surface area contributed by atoms with Crippen molar-refractivity contribution < 1.29 is 22.7 Å². The number of anilines is 1. The van der Waals surface area contributed by atoms with E-state index in [1.54, 1.807) is 30.5 Å². The van der Waals surface area contributed by atoms with Crippen molar-refractivity contribution >= 4 is 17.2 Å². The van der Waals surface area contributed by atoms with E-state index < -0.39 is 6.36 Å². The summed E-state index contributed by atoms with van der Waals surface area (Å²) in [6.07, 6.45) is -2.68. The topological polar surface area (TPSA) is 68.5 Å². The van der Waals surface area contributed by atoms with Crippen LogP contribution in [0.15, 0.2) is 36.5 Å². The maximum Gasteiger partial charge on any atom is 0.573 e. The summed E-state index contributed by atoms with van der Waals surface area (Å²) in [7, 11) is 0. The van der Waals surface area contributed by atoms with Gasteiger partial charge in [0, 0.05) is 18.2 Å². The lowest BCUT2D eigenvalue weighted by atomic mass is 10.1. The van der Waals surface area contributed by atoms with E-state index in [1.165, 1.54) is 24.3 Å². The lowest BCUT2D eigenvalue weighted by Crippen LogP contribution is -2.16. The summed E-state index contributed by atoms with van der Waals surface area (Å²) in [5, 5.41) is 10.8. The Hall–Kier alpha value is -3.10. The summed E-state index contributed by atoms with van der Waals surface area (Å²) in [5.41, 5.74) is 2.31. The minimum absolute atomic E-state index is 0.182. The highest BCUT2D eigenvalue weighted by Gasteiger charge is 2.31. The average Bonchev–Trinajstić information content (AvgIpc) is 2.95. The maximum atomic E-state index is 12.3. The Morgan fingerprint density at radius 2 is 1.88 bits per heavy atom. The molecule has 0 unspecified atom stereocenters. The van der Waals surface area contributed by atoms with Gasteiger partial charge in [0.2, 0.25) is 5.91 Å². The highest BCUT2D eigenvalue weighted by molar-refractivity contribution is 5.95. The van der Waals surface area contributed by atoms with Crippen LogP contribution in [-0.4, -0.2) is 26.9 Å². The van der Waals surface area contributed by atoms with Gasteiger partial charge in [-0.05, 0) is 30.7 Å². The fourth-order valence-electron chi connectivity index (χ4n) is 2.44. The Labute approximate surface area is 146 Å². The van der Waals surface area contributed by atoms with E-state index in [-0.39, 0.29) is 11.7 Å². The first-order chi connectivity index (χ1) is 12.3. The average molecular weight is 364 g/mol. The van der Waals surface area contributed by atoms with Crippen LogP contribution in [0, 0.1) is 6.92 Å². The van der Waals surface area contributed by atoms with Gasteiger partial charge in [-0.15, -0.1) is 23.4 Å². The Morgan fingerprint density at radius 1 is 1.19 bits per heavy atom. The minimum atomic E-state index is -4.74. The van der Waals surface area contributed by atoms with Gasteiger partial charge in [0.15, 0.2) is 5.65 Å². The van der Waals surface area contributed by atoms with Gasteiger partial charge in [-0.1, -0.05) is 19.1 Å². The zero-order chi connectivity index (χ0) is 18.9. The third-order valence-corrected chi connectivity index (χ3v) is 3.69. The van der Waals surface area contributed by atoms with Crippen molar-refractivity contribution in [3.8, 4) is 16.9 Å². The summed E-state index contributed by atoms with van der Waals surface area (Å²) in [5.74, 6) is 0.131. The van der Waals surface area contributed by atoms with Crippen LogP contribution >= 0.6 is 0 Å². The third-order valence-electron chi connectivity index (χ3n) is 3.69. The standard InChI is InChI=1S/C17H15F3N4O2/c1-3-15(25)21-14-8-12(9-24-10(2)22-23-16(14)24)11-4-6-13(7-5-11)26-17(18,19)20/h4-9H,3H2,1-2H3,(H,21,25). The van der Waals surface area contributed by atoms with Gasteiger partial charge in [-0.3, -0.25) is 9.20 Å². The molecule has 1 amide bonds. The number of aryl methyl sites for hydroxylation is 1. The SMILES string of the molecule is CCC(=O)Nc1cc(-c2ccc(OC(F)(F)F)cc2)cn2c(C)nnc12. The van der Waals surface area contributed by atoms with Crippen LogP contribution in [0.5, 0.6) is 5.75 Å². The molecular weight excluding hydrogens is 349 g/mol. The van der Waals surface area contributed by atoms with Crippen LogP contribution in [0.2, 0.25) is 0 Å². The van der Waals surface area contributed by atoms with Crippen LogP contribution in [0.1, 0.15) is 19.2 Å². The smallest absolute Gasteiger partial charge is 0.406 e. The van der Waals surface area contributed by atoms with Gasteiger partial charge >= 0.3 is 6.36 Å². The zero-order valence-corrected chi connectivity index (χ0v) is 14.0. The molecule has 0 fully saturated rings. The number of fused-ring (bicyclic) bond motifs is 1. The number of aromatic nitrogens is 3. The molecule has 3 aromatic rings. The molecule has 0 aliphatic heterocycles. The number of nitrogens with zero attached hydrogens (tertiary/aromatic N) is 3. The molecule has 6 nitrogen and oxygen atoms in total. The fourth-order valence-corrected chi connectivity index (χ4v) is 2.44. The van der Waals surface area contributed by atoms with E-state index in [0.29, 0.717) is 34.7 Å². The second kappa shape index (κ2) is 6.66. The zero-order valence-electron chi connectivity index (χ0n) is 14.0. The number of ether oxygens (including phenoxy) is 1. The number of alkyl halides is 3. The lowest BCUT2D eigenvalue weighted by molar-refractivity contribution is -0.274. The van der Waals surface area contributed by atoms with Crippen molar-refractivity contribution in [2.45, 2.75) is 26.6 Å². The van der Waals surface area contributed by atoms with Gasteiger partial charge in [-0.2, -0.15) is 0 Å². The maximum absolute atomic E-state index is 12.3. The molecule has 26 heavy (non-hydrogen) atoms. The van der Waals surface area contributed by atoms with E-state index in [0.717, 1.165) is 0 Å². The summed E-state index contributed by atoms with van der Waals surface area (Å²) < 4.78 is 42.4. The van der Waals surface area contributed by atoms with Crippen molar-refractivity contribution in [3.63, 3.8) is 0 Å². The van der Waals surface area contributed by atoms with E-state index in [9.17, 15) is 18.0 Å². The number of amides is 1. The number of pyridine rings is 1. The summed E-state index contributed by atoms with van der Waals surface area (Å²) in [4.78, 5) is 11.8. The number of carbonyl (C=O) groups excluding carboxylic acids is 1. The molecule has 1 aromatic carbocycles. The van der Waals surface area contributed by atoms with E-state index in [1.807, 2.05) is 0 Å². The van der Waals surface area contributed by atoms with Crippen LogP contribution in [0.25, 0.3) is 16.8 Å². The van der Waals surface area contributed by atoms with E-state index in [4.69, 9.17) is 0 Å². The molecule has 0 atom stereocenters. The Kier molecular flexibility index (Phi) is 4.54. The first-order valence-electron chi connectivity index (χ1n) is 7.78. The molecule has 136 valence electrons. The fraction of sp³-hybridized carbons (Fsp3) is 0.235. The molecule has 2 aromatic heterocycles. The van der Waals surface area contributed by atoms with Crippen LogP contribution in [0.3, 0.4) is 0 Å². The number of carbonyl (C=O) groups is 1. The van der Waals surface area contributed by atoms with E-state index in [2.05, 4.69) is 20.3 Å². The molecular formula is C17H15F3N4O2. The molecule has 2 heterocycles. The van der Waals surface area contributed by atoms with Gasteiger partial charge in [0.05, 0.1) is 5.69 Å². The summed E-state index contributed by atoms with van der Waals surface area (Å²) >= 11 is 0. The van der Waals surface area contributed by atoms with Crippen LogP contribution in [-0.2, 0) is 4.79 Å². The van der Waals surface area contributed by atoms with Crippen molar-refractivity contribution in [2.75, 3.05) is 5.32 Å². The molecule has 9 heteroatoms. The number of halogens is 3. The predicted octanol–water partition coefficient (Wildman–Crippen LogP) is 3.95. The molecule has 0 saturated carbocycles. The highest BCUT2D eigenvalue weighted by Crippen LogP contribution is 2.29. The van der Waals surface area contributed by atoms with Crippen molar-refractivity contribution in [3.05, 3.63) is 42.4 Å².